The number of ether oxygens (including phenoxy) is 1. The van der Waals surface area contributed by atoms with Crippen LogP contribution in [0.1, 0.15) is 32.3 Å². The summed E-state index contributed by atoms with van der Waals surface area (Å²) in [7, 11) is 0. The van der Waals surface area contributed by atoms with E-state index in [0.717, 1.165) is 38.9 Å². The lowest BCUT2D eigenvalue weighted by atomic mass is 10.0. The van der Waals surface area contributed by atoms with Gasteiger partial charge in [-0.25, -0.2) is 4.79 Å². The van der Waals surface area contributed by atoms with Gasteiger partial charge in [-0.3, -0.25) is 4.98 Å². The van der Waals surface area contributed by atoms with E-state index in [1.165, 1.54) is 5.56 Å². The molecule has 3 heterocycles. The Labute approximate surface area is 150 Å². The van der Waals surface area contributed by atoms with Gasteiger partial charge in [-0.05, 0) is 50.8 Å². The van der Waals surface area contributed by atoms with Crippen LogP contribution in [0.4, 0.5) is 4.79 Å². The maximum Gasteiger partial charge on any atom is 0.317 e. The van der Waals surface area contributed by atoms with Gasteiger partial charge in [-0.2, -0.15) is 0 Å². The molecule has 2 aliphatic heterocycles. The van der Waals surface area contributed by atoms with Crippen molar-refractivity contribution >= 4 is 6.03 Å². The topological polar surface area (TPSA) is 57.7 Å². The van der Waals surface area contributed by atoms with E-state index in [0.29, 0.717) is 19.7 Å². The van der Waals surface area contributed by atoms with E-state index in [1.54, 1.807) is 0 Å². The van der Waals surface area contributed by atoms with Crippen molar-refractivity contribution in [2.75, 3.05) is 39.3 Å². The zero-order chi connectivity index (χ0) is 17.7. The fourth-order valence-corrected chi connectivity index (χ4v) is 3.59. The van der Waals surface area contributed by atoms with Gasteiger partial charge in [0.25, 0.3) is 0 Å². The van der Waals surface area contributed by atoms with Crippen molar-refractivity contribution in [1.82, 2.24) is 20.1 Å². The normalized spacial score (nSPS) is 21.9. The van der Waals surface area contributed by atoms with Crippen LogP contribution in [0.5, 0.6) is 0 Å². The molecule has 0 saturated carbocycles. The number of urea groups is 1. The molecule has 2 amide bonds. The molecule has 6 heteroatoms. The number of hydrogen-bond acceptors (Lipinski definition) is 4. The van der Waals surface area contributed by atoms with Crippen LogP contribution in [-0.2, 0) is 11.2 Å². The predicted octanol–water partition coefficient (Wildman–Crippen LogP) is 1.91. The second-order valence-electron chi connectivity index (χ2n) is 7.70. The Hall–Kier alpha value is -1.66. The fourth-order valence-electron chi connectivity index (χ4n) is 3.59. The van der Waals surface area contributed by atoms with Gasteiger partial charge in [0.2, 0.25) is 0 Å². The standard InChI is InChI=1S/C19H30N4O2/c1-19(2)15-23(13-14-25-19)18(24)21-17-6-11-22(12-7-17)10-5-16-3-8-20-9-4-16/h3-4,8-9,17H,5-7,10-15H2,1-2H3,(H,21,24). The Kier molecular flexibility index (Phi) is 5.91. The highest BCUT2D eigenvalue weighted by Crippen LogP contribution is 2.17. The number of likely N-dealkylation sites (tertiary alicyclic amines) is 1. The van der Waals surface area contributed by atoms with E-state index < -0.39 is 0 Å². The lowest BCUT2D eigenvalue weighted by Crippen LogP contribution is -2.56. The van der Waals surface area contributed by atoms with Gasteiger partial charge in [0.1, 0.15) is 0 Å². The van der Waals surface area contributed by atoms with Crippen LogP contribution in [0, 0.1) is 0 Å². The molecular weight excluding hydrogens is 316 g/mol. The number of nitrogens with zero attached hydrogens (tertiary/aromatic N) is 3. The van der Waals surface area contributed by atoms with Crippen molar-refractivity contribution in [3.8, 4) is 0 Å². The van der Waals surface area contributed by atoms with E-state index in [4.69, 9.17) is 4.74 Å². The first-order valence-corrected chi connectivity index (χ1v) is 9.32. The molecule has 2 fully saturated rings. The summed E-state index contributed by atoms with van der Waals surface area (Å²) in [5.74, 6) is 0. The molecular formula is C19H30N4O2. The number of morpholine rings is 1. The molecule has 0 spiro atoms. The second-order valence-corrected chi connectivity index (χ2v) is 7.70. The molecule has 0 aliphatic carbocycles. The summed E-state index contributed by atoms with van der Waals surface area (Å²) < 4.78 is 5.68. The van der Waals surface area contributed by atoms with E-state index in [9.17, 15) is 4.79 Å². The molecule has 0 atom stereocenters. The van der Waals surface area contributed by atoms with Gasteiger partial charge < -0.3 is 19.9 Å². The van der Waals surface area contributed by atoms with Gasteiger partial charge in [-0.1, -0.05) is 0 Å². The summed E-state index contributed by atoms with van der Waals surface area (Å²) in [6, 6.07) is 4.51. The third-order valence-corrected chi connectivity index (χ3v) is 5.09. The van der Waals surface area contributed by atoms with Crippen molar-refractivity contribution in [3.63, 3.8) is 0 Å². The van der Waals surface area contributed by atoms with Crippen LogP contribution in [0.2, 0.25) is 0 Å². The van der Waals surface area contributed by atoms with E-state index in [1.807, 2.05) is 31.1 Å². The van der Waals surface area contributed by atoms with Crippen LogP contribution in [0.3, 0.4) is 0 Å². The minimum Gasteiger partial charge on any atom is -0.372 e. The fraction of sp³-hybridized carbons (Fsp3) is 0.684. The predicted molar refractivity (Wildman–Crippen MR) is 97.5 cm³/mol. The smallest absolute Gasteiger partial charge is 0.317 e. The Bertz CT molecular complexity index is 556. The summed E-state index contributed by atoms with van der Waals surface area (Å²) >= 11 is 0. The van der Waals surface area contributed by atoms with Crippen molar-refractivity contribution in [3.05, 3.63) is 30.1 Å². The van der Waals surface area contributed by atoms with E-state index in [-0.39, 0.29) is 17.7 Å². The first-order chi connectivity index (χ1) is 12.0. The number of amides is 2. The van der Waals surface area contributed by atoms with Crippen molar-refractivity contribution < 1.29 is 9.53 Å². The molecule has 1 aromatic heterocycles. The average molecular weight is 346 g/mol. The van der Waals surface area contributed by atoms with Crippen LogP contribution < -0.4 is 5.32 Å². The molecule has 138 valence electrons. The molecule has 1 aromatic rings. The average Bonchev–Trinajstić information content (AvgIpc) is 2.61. The number of nitrogens with one attached hydrogen (secondary N) is 1. The number of hydrogen-bond donors (Lipinski definition) is 1. The van der Waals surface area contributed by atoms with E-state index in [2.05, 4.69) is 27.3 Å². The monoisotopic (exact) mass is 346 g/mol. The minimum absolute atomic E-state index is 0.0617. The molecule has 2 saturated heterocycles. The lowest BCUT2D eigenvalue weighted by molar-refractivity contribution is -0.0736. The number of aromatic nitrogens is 1. The summed E-state index contributed by atoms with van der Waals surface area (Å²) in [5, 5.41) is 3.22. The summed E-state index contributed by atoms with van der Waals surface area (Å²) in [6.07, 6.45) is 6.81. The molecule has 0 aromatic carbocycles. The highest BCUT2D eigenvalue weighted by Gasteiger charge is 2.31. The Morgan fingerprint density at radius 1 is 1.28 bits per heavy atom. The van der Waals surface area contributed by atoms with E-state index >= 15 is 0 Å². The zero-order valence-electron chi connectivity index (χ0n) is 15.4. The molecule has 25 heavy (non-hydrogen) atoms. The Balaban J connectivity index is 1.38. The number of piperidine rings is 1. The van der Waals surface area contributed by atoms with Crippen LogP contribution in [0.25, 0.3) is 0 Å². The second kappa shape index (κ2) is 8.15. The van der Waals surface area contributed by atoms with Crippen LogP contribution in [0.15, 0.2) is 24.5 Å². The SMILES string of the molecule is CC1(C)CN(C(=O)NC2CCN(CCc3ccncc3)CC2)CCO1. The number of rotatable bonds is 4. The highest BCUT2D eigenvalue weighted by atomic mass is 16.5. The van der Waals surface area contributed by atoms with Crippen molar-refractivity contribution in [2.45, 2.75) is 44.8 Å². The first kappa shape index (κ1) is 18.1. The summed E-state index contributed by atoms with van der Waals surface area (Å²) in [6.45, 7) is 9.19. The largest absolute Gasteiger partial charge is 0.372 e. The van der Waals surface area contributed by atoms with Gasteiger partial charge in [0.15, 0.2) is 0 Å². The Morgan fingerprint density at radius 2 is 2.00 bits per heavy atom. The third-order valence-electron chi connectivity index (χ3n) is 5.09. The molecule has 0 unspecified atom stereocenters. The quantitative estimate of drug-likeness (QED) is 0.905. The molecule has 3 rings (SSSR count). The van der Waals surface area contributed by atoms with Crippen LogP contribution >= 0.6 is 0 Å². The highest BCUT2D eigenvalue weighted by molar-refractivity contribution is 5.74. The van der Waals surface area contributed by atoms with Gasteiger partial charge in [0.05, 0.1) is 18.8 Å². The number of pyridine rings is 1. The third kappa shape index (κ3) is 5.41. The maximum atomic E-state index is 12.5. The molecule has 6 nitrogen and oxygen atoms in total. The molecule has 1 N–H and O–H groups in total. The van der Waals surface area contributed by atoms with Gasteiger partial charge in [0, 0.05) is 44.6 Å². The Morgan fingerprint density at radius 3 is 2.68 bits per heavy atom. The lowest BCUT2D eigenvalue weighted by Gasteiger charge is -2.39. The zero-order valence-corrected chi connectivity index (χ0v) is 15.4. The van der Waals surface area contributed by atoms with Crippen molar-refractivity contribution in [2.24, 2.45) is 0 Å². The molecule has 0 bridgehead atoms. The maximum absolute atomic E-state index is 12.5. The molecule has 0 radical (unpaired) electrons. The molecule has 2 aliphatic rings. The minimum atomic E-state index is -0.244. The summed E-state index contributed by atoms with van der Waals surface area (Å²) in [5.41, 5.74) is 1.09. The van der Waals surface area contributed by atoms with Gasteiger partial charge >= 0.3 is 6.03 Å². The number of carbonyl (C=O) groups is 1. The first-order valence-electron chi connectivity index (χ1n) is 9.32. The van der Waals surface area contributed by atoms with Gasteiger partial charge in [-0.15, -0.1) is 0 Å². The number of carbonyl (C=O) groups excluding carboxylic acids is 1. The summed E-state index contributed by atoms with van der Waals surface area (Å²) in [4.78, 5) is 20.9. The van der Waals surface area contributed by atoms with Crippen LogP contribution in [-0.4, -0.2) is 71.8 Å². The van der Waals surface area contributed by atoms with Crippen molar-refractivity contribution in [1.29, 1.82) is 0 Å².